The van der Waals surface area contributed by atoms with E-state index >= 15 is 0 Å². The molecule has 1 aliphatic rings. The Morgan fingerprint density at radius 3 is 2.71 bits per heavy atom. The summed E-state index contributed by atoms with van der Waals surface area (Å²) in [7, 11) is 0. The second-order valence-electron chi connectivity index (χ2n) is 4.10. The molecule has 17 heavy (non-hydrogen) atoms. The zero-order chi connectivity index (χ0) is 12.4. The van der Waals surface area contributed by atoms with Gasteiger partial charge in [-0.05, 0) is 18.1 Å². The summed E-state index contributed by atoms with van der Waals surface area (Å²) >= 11 is 0. The van der Waals surface area contributed by atoms with Gasteiger partial charge in [0, 0.05) is 18.9 Å². The van der Waals surface area contributed by atoms with Gasteiger partial charge in [-0.3, -0.25) is 14.9 Å². The Morgan fingerprint density at radius 2 is 2.18 bits per heavy atom. The Bertz CT molecular complexity index is 462. The summed E-state index contributed by atoms with van der Waals surface area (Å²) in [5.74, 6) is 0.396. The van der Waals surface area contributed by atoms with Crippen molar-refractivity contribution in [2.75, 3.05) is 0 Å². The largest absolute Gasteiger partial charge is 0.483 e. The van der Waals surface area contributed by atoms with Gasteiger partial charge in [0.25, 0.3) is 0 Å². The highest BCUT2D eigenvalue weighted by Gasteiger charge is 2.30. The van der Waals surface area contributed by atoms with Crippen molar-refractivity contribution in [1.29, 1.82) is 0 Å². The van der Waals surface area contributed by atoms with Crippen LogP contribution in [-0.4, -0.2) is 16.8 Å². The average molecular weight is 235 g/mol. The number of nitro groups is 1. The van der Waals surface area contributed by atoms with E-state index in [0.717, 1.165) is 12.0 Å². The molecule has 0 unspecified atom stereocenters. The van der Waals surface area contributed by atoms with E-state index in [-0.39, 0.29) is 23.3 Å². The van der Waals surface area contributed by atoms with Crippen molar-refractivity contribution in [3.8, 4) is 5.75 Å². The third kappa shape index (κ3) is 2.43. The van der Waals surface area contributed by atoms with E-state index in [1.54, 1.807) is 6.07 Å². The molecular weight excluding hydrogens is 222 g/mol. The first-order valence-electron chi connectivity index (χ1n) is 5.56. The lowest BCUT2D eigenvalue weighted by Gasteiger charge is -2.24. The Kier molecular flexibility index (Phi) is 3.08. The van der Waals surface area contributed by atoms with Crippen molar-refractivity contribution in [1.82, 2.24) is 0 Å². The van der Waals surface area contributed by atoms with Crippen LogP contribution >= 0.6 is 0 Å². The highest BCUT2D eigenvalue weighted by molar-refractivity contribution is 5.85. The van der Waals surface area contributed by atoms with Gasteiger partial charge in [0.05, 0.1) is 4.92 Å². The minimum Gasteiger partial charge on any atom is -0.483 e. The summed E-state index contributed by atoms with van der Waals surface area (Å²) < 4.78 is 5.45. The van der Waals surface area contributed by atoms with Gasteiger partial charge in [-0.25, -0.2) is 0 Å². The summed E-state index contributed by atoms with van der Waals surface area (Å²) in [5, 5.41) is 10.9. The molecule has 90 valence electrons. The molecule has 0 heterocycles. The summed E-state index contributed by atoms with van der Waals surface area (Å²) in [6.07, 6.45) is 1.25. The molecule has 1 aliphatic carbocycles. The fourth-order valence-corrected chi connectivity index (χ4v) is 1.74. The van der Waals surface area contributed by atoms with E-state index in [2.05, 4.69) is 0 Å². The van der Waals surface area contributed by atoms with Gasteiger partial charge in [0.1, 0.15) is 11.9 Å². The number of hydrogen-bond donors (Lipinski definition) is 0. The second-order valence-corrected chi connectivity index (χ2v) is 4.10. The van der Waals surface area contributed by atoms with Crippen molar-refractivity contribution < 1.29 is 14.5 Å². The van der Waals surface area contributed by atoms with Gasteiger partial charge in [0.15, 0.2) is 5.75 Å². The molecule has 0 aromatic heterocycles. The number of carbonyl (C=O) groups is 1. The first kappa shape index (κ1) is 11.6. The number of hydrogen-bond acceptors (Lipinski definition) is 4. The van der Waals surface area contributed by atoms with E-state index in [0.29, 0.717) is 12.8 Å². The van der Waals surface area contributed by atoms with E-state index in [1.807, 2.05) is 13.0 Å². The van der Waals surface area contributed by atoms with Gasteiger partial charge >= 0.3 is 5.69 Å². The fourth-order valence-electron chi connectivity index (χ4n) is 1.74. The van der Waals surface area contributed by atoms with Crippen LogP contribution in [0.5, 0.6) is 5.75 Å². The molecular formula is C12H13NO4. The molecule has 0 amide bonds. The smallest absolute Gasteiger partial charge is 0.311 e. The molecule has 0 N–H and O–H groups in total. The van der Waals surface area contributed by atoms with Gasteiger partial charge in [-0.1, -0.05) is 13.0 Å². The molecule has 2 rings (SSSR count). The SMILES string of the molecule is CCc1ccc(OC2CC(=O)C2)c([N+](=O)[O-])c1. The second kappa shape index (κ2) is 4.53. The van der Waals surface area contributed by atoms with Gasteiger partial charge < -0.3 is 4.74 Å². The number of Topliss-reactive ketones (excluding diaryl/α,β-unsaturated/α-hetero) is 1. The Labute approximate surface area is 98.5 Å². The maximum atomic E-state index is 10.9. The molecule has 1 aromatic rings. The Morgan fingerprint density at radius 1 is 1.47 bits per heavy atom. The fraction of sp³-hybridized carbons (Fsp3) is 0.417. The highest BCUT2D eigenvalue weighted by Crippen LogP contribution is 2.31. The van der Waals surface area contributed by atoms with E-state index < -0.39 is 4.92 Å². The van der Waals surface area contributed by atoms with E-state index in [1.165, 1.54) is 6.07 Å². The normalized spacial score (nSPS) is 15.5. The number of rotatable bonds is 4. The summed E-state index contributed by atoms with van der Waals surface area (Å²) in [5.41, 5.74) is 0.873. The predicted octanol–water partition coefficient (Wildman–Crippen LogP) is 2.27. The molecule has 1 fully saturated rings. The number of ketones is 1. The maximum absolute atomic E-state index is 10.9. The van der Waals surface area contributed by atoms with Crippen LogP contribution in [0, 0.1) is 10.1 Å². The average Bonchev–Trinajstić information content (AvgIpc) is 2.27. The van der Waals surface area contributed by atoms with Crippen molar-refractivity contribution >= 4 is 11.5 Å². The molecule has 1 aromatic carbocycles. The zero-order valence-electron chi connectivity index (χ0n) is 9.51. The Hall–Kier alpha value is -1.91. The molecule has 5 heteroatoms. The highest BCUT2D eigenvalue weighted by atomic mass is 16.6. The summed E-state index contributed by atoms with van der Waals surface area (Å²) in [4.78, 5) is 21.3. The molecule has 1 saturated carbocycles. The van der Waals surface area contributed by atoms with Crippen LogP contribution < -0.4 is 4.74 Å². The number of nitro benzene ring substituents is 1. The summed E-state index contributed by atoms with van der Waals surface area (Å²) in [6, 6.07) is 4.94. The zero-order valence-corrected chi connectivity index (χ0v) is 9.51. The standard InChI is InChI=1S/C12H13NO4/c1-2-8-3-4-12(11(5-8)13(15)16)17-10-6-9(14)7-10/h3-5,10H,2,6-7H2,1H3. The lowest BCUT2D eigenvalue weighted by atomic mass is 9.94. The lowest BCUT2D eigenvalue weighted by Crippen LogP contribution is -2.33. The number of aryl methyl sites for hydroxylation is 1. The van der Waals surface area contributed by atoms with Crippen LogP contribution in [-0.2, 0) is 11.2 Å². The molecule has 0 bridgehead atoms. The molecule has 5 nitrogen and oxygen atoms in total. The minimum atomic E-state index is -0.449. The molecule has 0 radical (unpaired) electrons. The first-order chi connectivity index (χ1) is 8.10. The van der Waals surface area contributed by atoms with Gasteiger partial charge in [-0.15, -0.1) is 0 Å². The lowest BCUT2D eigenvalue weighted by molar-refractivity contribution is -0.386. The first-order valence-corrected chi connectivity index (χ1v) is 5.56. The van der Waals surface area contributed by atoms with Crippen LogP contribution in [0.1, 0.15) is 25.3 Å². The van der Waals surface area contributed by atoms with Crippen LogP contribution in [0.4, 0.5) is 5.69 Å². The van der Waals surface area contributed by atoms with Crippen molar-refractivity contribution in [3.63, 3.8) is 0 Å². The maximum Gasteiger partial charge on any atom is 0.311 e. The van der Waals surface area contributed by atoms with Crippen molar-refractivity contribution in [2.45, 2.75) is 32.3 Å². The van der Waals surface area contributed by atoms with E-state index in [4.69, 9.17) is 4.74 Å². The van der Waals surface area contributed by atoms with Crippen LogP contribution in [0.25, 0.3) is 0 Å². The van der Waals surface area contributed by atoms with E-state index in [9.17, 15) is 14.9 Å². The summed E-state index contributed by atoms with van der Waals surface area (Å²) in [6.45, 7) is 1.93. The molecule has 0 atom stereocenters. The monoisotopic (exact) mass is 235 g/mol. The quantitative estimate of drug-likeness (QED) is 0.593. The van der Waals surface area contributed by atoms with Gasteiger partial charge in [-0.2, -0.15) is 0 Å². The molecule has 0 saturated heterocycles. The number of carbonyl (C=O) groups excluding carboxylic acids is 1. The third-order valence-electron chi connectivity index (χ3n) is 2.83. The van der Waals surface area contributed by atoms with Crippen LogP contribution in [0.2, 0.25) is 0 Å². The number of ether oxygens (including phenoxy) is 1. The van der Waals surface area contributed by atoms with Crippen LogP contribution in [0.3, 0.4) is 0 Å². The van der Waals surface area contributed by atoms with Crippen molar-refractivity contribution in [2.24, 2.45) is 0 Å². The predicted molar refractivity (Wildman–Crippen MR) is 61.1 cm³/mol. The Balaban J connectivity index is 2.20. The molecule has 0 spiro atoms. The van der Waals surface area contributed by atoms with Crippen LogP contribution in [0.15, 0.2) is 18.2 Å². The third-order valence-corrected chi connectivity index (χ3v) is 2.83. The van der Waals surface area contributed by atoms with Gasteiger partial charge in [0.2, 0.25) is 0 Å². The minimum absolute atomic E-state index is 0.0244. The number of benzene rings is 1. The number of nitrogens with zero attached hydrogens (tertiary/aromatic N) is 1. The van der Waals surface area contributed by atoms with Crippen molar-refractivity contribution in [3.05, 3.63) is 33.9 Å². The topological polar surface area (TPSA) is 69.4 Å². The molecule has 0 aliphatic heterocycles.